The van der Waals surface area contributed by atoms with Gasteiger partial charge in [0.05, 0.1) is 12.7 Å². The molecule has 0 aliphatic heterocycles. The highest BCUT2D eigenvalue weighted by Gasteiger charge is 2.26. The Bertz CT molecular complexity index is 308. The lowest BCUT2D eigenvalue weighted by Crippen LogP contribution is -2.39. The average Bonchev–Trinajstić information content (AvgIpc) is 2.22. The first-order chi connectivity index (χ1) is 7.00. The number of sulfonamides is 1. The van der Waals surface area contributed by atoms with Crippen LogP contribution in [0, 0.1) is 11.3 Å². The quantitative estimate of drug-likeness (QED) is 0.604. The highest BCUT2D eigenvalue weighted by Crippen LogP contribution is 2.07. The van der Waals surface area contributed by atoms with E-state index >= 15 is 0 Å². The van der Waals surface area contributed by atoms with Crippen molar-refractivity contribution < 1.29 is 13.2 Å². The molecule has 0 saturated heterocycles. The zero-order valence-corrected chi connectivity index (χ0v) is 10.2. The molecular formula is C9H18N2O3S. The third-order valence-electron chi connectivity index (χ3n) is 2.03. The molecule has 0 aromatic rings. The minimum atomic E-state index is -3.49. The SMILES string of the molecule is CCOCCN(CC)S(=O)(=O)C(C)C#N. The van der Waals surface area contributed by atoms with Crippen molar-refractivity contribution in [3.63, 3.8) is 0 Å². The minimum absolute atomic E-state index is 0.304. The molecule has 88 valence electrons. The number of nitriles is 1. The monoisotopic (exact) mass is 234 g/mol. The van der Waals surface area contributed by atoms with Crippen molar-refractivity contribution >= 4 is 10.0 Å². The molecule has 0 spiro atoms. The molecule has 0 bridgehead atoms. The van der Waals surface area contributed by atoms with Gasteiger partial charge in [0, 0.05) is 19.7 Å². The van der Waals surface area contributed by atoms with E-state index in [1.807, 2.05) is 6.92 Å². The van der Waals surface area contributed by atoms with Gasteiger partial charge in [-0.2, -0.15) is 9.57 Å². The Kier molecular flexibility index (Phi) is 6.48. The van der Waals surface area contributed by atoms with Crippen LogP contribution in [0.15, 0.2) is 0 Å². The highest BCUT2D eigenvalue weighted by atomic mass is 32.2. The topological polar surface area (TPSA) is 70.4 Å². The van der Waals surface area contributed by atoms with Crippen molar-refractivity contribution in [3.05, 3.63) is 0 Å². The Labute approximate surface area is 91.7 Å². The van der Waals surface area contributed by atoms with Gasteiger partial charge in [-0.05, 0) is 13.8 Å². The zero-order valence-electron chi connectivity index (χ0n) is 9.43. The lowest BCUT2D eigenvalue weighted by molar-refractivity contribution is 0.135. The summed E-state index contributed by atoms with van der Waals surface area (Å²) in [5, 5.41) is 7.60. The first kappa shape index (κ1) is 14.4. The van der Waals surface area contributed by atoms with Crippen molar-refractivity contribution in [2.45, 2.75) is 26.0 Å². The molecule has 0 rings (SSSR count). The Morgan fingerprint density at radius 3 is 2.47 bits per heavy atom. The van der Waals surface area contributed by atoms with E-state index < -0.39 is 15.3 Å². The summed E-state index contributed by atoms with van der Waals surface area (Å²) in [6.45, 7) is 6.57. The lowest BCUT2D eigenvalue weighted by atomic mass is 10.5. The zero-order chi connectivity index (χ0) is 11.9. The van der Waals surface area contributed by atoms with Crippen molar-refractivity contribution in [3.8, 4) is 6.07 Å². The molecule has 0 radical (unpaired) electrons. The number of rotatable bonds is 7. The van der Waals surface area contributed by atoms with Gasteiger partial charge in [-0.15, -0.1) is 0 Å². The van der Waals surface area contributed by atoms with Crippen molar-refractivity contribution in [1.82, 2.24) is 4.31 Å². The normalized spacial score (nSPS) is 13.8. The average molecular weight is 234 g/mol. The van der Waals surface area contributed by atoms with Crippen molar-refractivity contribution in [2.75, 3.05) is 26.3 Å². The van der Waals surface area contributed by atoms with E-state index in [1.54, 1.807) is 13.0 Å². The number of nitrogens with zero attached hydrogens (tertiary/aromatic N) is 2. The van der Waals surface area contributed by atoms with Crippen LogP contribution >= 0.6 is 0 Å². The smallest absolute Gasteiger partial charge is 0.230 e. The van der Waals surface area contributed by atoms with Gasteiger partial charge < -0.3 is 4.74 Å². The molecule has 0 aliphatic rings. The first-order valence-electron chi connectivity index (χ1n) is 4.97. The van der Waals surface area contributed by atoms with E-state index in [1.165, 1.54) is 11.2 Å². The van der Waals surface area contributed by atoms with E-state index in [4.69, 9.17) is 10.00 Å². The van der Waals surface area contributed by atoms with E-state index in [0.717, 1.165) is 0 Å². The molecular weight excluding hydrogens is 216 g/mol. The summed E-state index contributed by atoms with van der Waals surface area (Å²) in [6.07, 6.45) is 0. The third-order valence-corrected chi connectivity index (χ3v) is 4.19. The summed E-state index contributed by atoms with van der Waals surface area (Å²) in [4.78, 5) is 0. The fourth-order valence-electron chi connectivity index (χ4n) is 1.07. The van der Waals surface area contributed by atoms with E-state index in [9.17, 15) is 8.42 Å². The summed E-state index contributed by atoms with van der Waals surface area (Å²) < 4.78 is 29.8. The summed E-state index contributed by atoms with van der Waals surface area (Å²) in [5.74, 6) is 0. The lowest BCUT2D eigenvalue weighted by Gasteiger charge is -2.21. The van der Waals surface area contributed by atoms with Crippen LogP contribution in [0.25, 0.3) is 0 Å². The molecule has 1 unspecified atom stereocenters. The summed E-state index contributed by atoms with van der Waals surface area (Å²) in [5.41, 5.74) is 0. The maximum atomic E-state index is 11.7. The van der Waals surface area contributed by atoms with Gasteiger partial charge in [0.15, 0.2) is 5.25 Å². The second kappa shape index (κ2) is 6.77. The van der Waals surface area contributed by atoms with Gasteiger partial charge in [0.1, 0.15) is 0 Å². The Morgan fingerprint density at radius 1 is 1.47 bits per heavy atom. The predicted molar refractivity (Wildman–Crippen MR) is 57.7 cm³/mol. The molecule has 5 nitrogen and oxygen atoms in total. The van der Waals surface area contributed by atoms with E-state index in [2.05, 4.69) is 0 Å². The van der Waals surface area contributed by atoms with E-state index in [-0.39, 0.29) is 0 Å². The minimum Gasteiger partial charge on any atom is -0.380 e. The predicted octanol–water partition coefficient (Wildman–Crippen LogP) is 0.587. The van der Waals surface area contributed by atoms with E-state index in [0.29, 0.717) is 26.3 Å². The van der Waals surface area contributed by atoms with Gasteiger partial charge in [0.25, 0.3) is 0 Å². The Hall–Kier alpha value is -0.640. The number of ether oxygens (including phenoxy) is 1. The van der Waals surface area contributed by atoms with Crippen LogP contribution in [0.3, 0.4) is 0 Å². The fraction of sp³-hybridized carbons (Fsp3) is 0.889. The standard InChI is InChI=1S/C9H18N2O3S/c1-4-11(6-7-14-5-2)15(12,13)9(3)8-10/h9H,4-7H2,1-3H3. The summed E-state index contributed by atoms with van der Waals surface area (Å²) in [6, 6.07) is 1.74. The van der Waals surface area contributed by atoms with Crippen LogP contribution < -0.4 is 0 Å². The molecule has 1 atom stereocenters. The Morgan fingerprint density at radius 2 is 2.07 bits per heavy atom. The second-order valence-electron chi connectivity index (χ2n) is 3.00. The van der Waals surface area contributed by atoms with Crippen molar-refractivity contribution in [2.24, 2.45) is 0 Å². The summed E-state index contributed by atoms with van der Waals surface area (Å²) in [7, 11) is -3.49. The second-order valence-corrected chi connectivity index (χ2v) is 5.26. The highest BCUT2D eigenvalue weighted by molar-refractivity contribution is 7.89. The molecule has 0 amide bonds. The van der Waals surface area contributed by atoms with Crippen LogP contribution in [-0.4, -0.2) is 44.3 Å². The van der Waals surface area contributed by atoms with Gasteiger partial charge in [-0.3, -0.25) is 0 Å². The molecule has 0 aromatic heterocycles. The molecule has 0 fully saturated rings. The Balaban J connectivity index is 4.47. The van der Waals surface area contributed by atoms with Gasteiger partial charge in [0.2, 0.25) is 10.0 Å². The largest absolute Gasteiger partial charge is 0.380 e. The fourth-order valence-corrected chi connectivity index (χ4v) is 2.34. The molecule has 6 heteroatoms. The molecule has 0 aliphatic carbocycles. The van der Waals surface area contributed by atoms with Gasteiger partial charge in [-0.25, -0.2) is 8.42 Å². The maximum absolute atomic E-state index is 11.7. The van der Waals surface area contributed by atoms with Crippen LogP contribution in [0.5, 0.6) is 0 Å². The molecule has 0 saturated carbocycles. The van der Waals surface area contributed by atoms with Crippen LogP contribution in [-0.2, 0) is 14.8 Å². The van der Waals surface area contributed by atoms with Gasteiger partial charge in [-0.1, -0.05) is 6.92 Å². The molecule has 0 N–H and O–H groups in total. The van der Waals surface area contributed by atoms with Gasteiger partial charge >= 0.3 is 0 Å². The summed E-state index contributed by atoms with van der Waals surface area (Å²) >= 11 is 0. The number of hydrogen-bond acceptors (Lipinski definition) is 4. The van der Waals surface area contributed by atoms with Crippen LogP contribution in [0.2, 0.25) is 0 Å². The third kappa shape index (κ3) is 4.16. The number of hydrogen-bond donors (Lipinski definition) is 0. The number of likely N-dealkylation sites (N-methyl/N-ethyl adjacent to an activating group) is 1. The van der Waals surface area contributed by atoms with Crippen LogP contribution in [0.1, 0.15) is 20.8 Å². The van der Waals surface area contributed by atoms with Crippen LogP contribution in [0.4, 0.5) is 0 Å². The maximum Gasteiger partial charge on any atom is 0.230 e. The molecule has 0 heterocycles. The molecule has 15 heavy (non-hydrogen) atoms. The molecule has 0 aromatic carbocycles. The first-order valence-corrected chi connectivity index (χ1v) is 6.47. The van der Waals surface area contributed by atoms with Crippen molar-refractivity contribution in [1.29, 1.82) is 5.26 Å².